The van der Waals surface area contributed by atoms with Crippen molar-refractivity contribution >= 4 is 0 Å². The molecule has 0 heterocycles. The van der Waals surface area contributed by atoms with Crippen molar-refractivity contribution in [2.45, 2.75) is 66.3 Å². The first-order valence-electron chi connectivity index (χ1n) is 7.80. The van der Waals surface area contributed by atoms with E-state index in [2.05, 4.69) is 59.1 Å². The van der Waals surface area contributed by atoms with Crippen LogP contribution in [0.5, 0.6) is 0 Å². The van der Waals surface area contributed by atoms with Crippen LogP contribution < -0.4 is 5.32 Å². The molecule has 1 nitrogen and oxygen atoms in total. The summed E-state index contributed by atoms with van der Waals surface area (Å²) < 4.78 is 0. The van der Waals surface area contributed by atoms with E-state index in [0.717, 1.165) is 5.92 Å². The molecule has 0 aliphatic rings. The predicted molar refractivity (Wildman–Crippen MR) is 85.8 cm³/mol. The van der Waals surface area contributed by atoms with Crippen LogP contribution in [0.1, 0.15) is 67.8 Å². The third kappa shape index (κ3) is 4.07. The molecule has 0 saturated carbocycles. The largest absolute Gasteiger partial charge is 0.313 e. The molecule has 0 aliphatic heterocycles. The average Bonchev–Trinajstić information content (AvgIpc) is 2.36. The zero-order chi connectivity index (χ0) is 14.4. The Hall–Kier alpha value is -0.820. The number of unbranched alkanes of at least 4 members (excludes halogenated alkanes) is 1. The van der Waals surface area contributed by atoms with Gasteiger partial charge in [0.25, 0.3) is 0 Å². The van der Waals surface area contributed by atoms with Gasteiger partial charge in [0.15, 0.2) is 0 Å². The molecular formula is C18H31N. The van der Waals surface area contributed by atoms with Crippen molar-refractivity contribution in [2.75, 3.05) is 7.05 Å². The van der Waals surface area contributed by atoms with Gasteiger partial charge in [0.2, 0.25) is 0 Å². The van der Waals surface area contributed by atoms with Crippen LogP contribution in [0.2, 0.25) is 0 Å². The minimum atomic E-state index is 0.497. The first kappa shape index (κ1) is 16.2. The Morgan fingerprint density at radius 1 is 1.05 bits per heavy atom. The van der Waals surface area contributed by atoms with E-state index >= 15 is 0 Å². The van der Waals surface area contributed by atoms with Crippen molar-refractivity contribution < 1.29 is 0 Å². The molecular weight excluding hydrogens is 230 g/mol. The van der Waals surface area contributed by atoms with Crippen LogP contribution >= 0.6 is 0 Å². The normalized spacial score (nSPS) is 14.4. The Balaban J connectivity index is 3.07. The number of hydrogen-bond donors (Lipinski definition) is 1. The molecule has 1 heteroatoms. The molecule has 108 valence electrons. The van der Waals surface area contributed by atoms with Gasteiger partial charge < -0.3 is 5.32 Å². The number of aryl methyl sites for hydroxylation is 3. The lowest BCUT2D eigenvalue weighted by atomic mass is 9.83. The van der Waals surface area contributed by atoms with Crippen molar-refractivity contribution in [1.82, 2.24) is 5.32 Å². The lowest BCUT2D eigenvalue weighted by Gasteiger charge is -2.29. The molecule has 0 bridgehead atoms. The third-order valence-electron chi connectivity index (χ3n) is 4.28. The van der Waals surface area contributed by atoms with E-state index < -0.39 is 0 Å². The van der Waals surface area contributed by atoms with Gasteiger partial charge >= 0.3 is 0 Å². The van der Waals surface area contributed by atoms with Crippen LogP contribution in [0.15, 0.2) is 12.1 Å². The van der Waals surface area contributed by atoms with Crippen molar-refractivity contribution in [3.05, 3.63) is 34.4 Å². The van der Waals surface area contributed by atoms with Gasteiger partial charge in [-0.1, -0.05) is 50.8 Å². The highest BCUT2D eigenvalue weighted by molar-refractivity contribution is 5.40. The van der Waals surface area contributed by atoms with E-state index in [1.165, 1.54) is 47.9 Å². The zero-order valence-electron chi connectivity index (χ0n) is 13.6. The molecule has 0 aromatic heterocycles. The SMILES string of the molecule is CCCCC(CC)C(NC)c1c(C)cc(C)cc1C. The second-order valence-corrected chi connectivity index (χ2v) is 5.89. The first-order chi connectivity index (χ1) is 9.04. The van der Waals surface area contributed by atoms with Crippen molar-refractivity contribution in [1.29, 1.82) is 0 Å². The molecule has 1 N–H and O–H groups in total. The summed E-state index contributed by atoms with van der Waals surface area (Å²) in [4.78, 5) is 0. The maximum atomic E-state index is 3.58. The Morgan fingerprint density at radius 2 is 1.63 bits per heavy atom. The van der Waals surface area contributed by atoms with E-state index in [9.17, 15) is 0 Å². The lowest BCUT2D eigenvalue weighted by Crippen LogP contribution is -2.26. The molecule has 0 fully saturated rings. The standard InChI is InChI=1S/C18H31N/c1-7-9-10-16(8-2)18(19-6)17-14(4)11-13(3)12-15(17)5/h11-12,16,18-19H,7-10H2,1-6H3. The van der Waals surface area contributed by atoms with Gasteiger partial charge in [-0.05, 0) is 56.8 Å². The number of hydrogen-bond acceptors (Lipinski definition) is 1. The van der Waals surface area contributed by atoms with Crippen LogP contribution in [0, 0.1) is 26.7 Å². The summed E-state index contributed by atoms with van der Waals surface area (Å²) in [7, 11) is 2.11. The second kappa shape index (κ2) is 7.69. The Kier molecular flexibility index (Phi) is 6.57. The van der Waals surface area contributed by atoms with Crippen molar-refractivity contribution in [3.8, 4) is 0 Å². The predicted octanol–water partition coefficient (Wildman–Crippen LogP) is 5.09. The number of benzene rings is 1. The molecule has 0 radical (unpaired) electrons. The van der Waals surface area contributed by atoms with Crippen LogP contribution in [0.25, 0.3) is 0 Å². The van der Waals surface area contributed by atoms with E-state index in [1.54, 1.807) is 0 Å². The summed E-state index contributed by atoms with van der Waals surface area (Å²) in [6, 6.07) is 5.13. The minimum absolute atomic E-state index is 0.497. The smallest absolute Gasteiger partial charge is 0.0351 e. The second-order valence-electron chi connectivity index (χ2n) is 5.89. The summed E-state index contributed by atoms with van der Waals surface area (Å²) in [5, 5.41) is 3.58. The molecule has 1 aromatic rings. The fourth-order valence-corrected chi connectivity index (χ4v) is 3.37. The van der Waals surface area contributed by atoms with Crippen LogP contribution in [-0.4, -0.2) is 7.05 Å². The van der Waals surface area contributed by atoms with Gasteiger partial charge in [0.1, 0.15) is 0 Å². The summed E-state index contributed by atoms with van der Waals surface area (Å²) in [6.07, 6.45) is 5.20. The highest BCUT2D eigenvalue weighted by atomic mass is 14.9. The number of nitrogens with one attached hydrogen (secondary N) is 1. The maximum Gasteiger partial charge on any atom is 0.0351 e. The topological polar surface area (TPSA) is 12.0 Å². The highest BCUT2D eigenvalue weighted by Gasteiger charge is 2.22. The molecule has 0 saturated heterocycles. The van der Waals surface area contributed by atoms with E-state index in [4.69, 9.17) is 0 Å². The monoisotopic (exact) mass is 261 g/mol. The Bertz CT molecular complexity index is 372. The summed E-state index contributed by atoms with van der Waals surface area (Å²) in [5.41, 5.74) is 5.77. The zero-order valence-corrected chi connectivity index (χ0v) is 13.6. The van der Waals surface area contributed by atoms with Gasteiger partial charge in [-0.25, -0.2) is 0 Å². The van der Waals surface area contributed by atoms with Crippen molar-refractivity contribution in [2.24, 2.45) is 5.92 Å². The summed E-state index contributed by atoms with van der Waals surface area (Å²) in [5.74, 6) is 0.741. The van der Waals surface area contributed by atoms with E-state index in [-0.39, 0.29) is 0 Å². The van der Waals surface area contributed by atoms with E-state index in [0.29, 0.717) is 6.04 Å². The molecule has 2 atom stereocenters. The van der Waals surface area contributed by atoms with Crippen molar-refractivity contribution in [3.63, 3.8) is 0 Å². The van der Waals surface area contributed by atoms with Gasteiger partial charge in [-0.3, -0.25) is 0 Å². The van der Waals surface area contributed by atoms with Crippen LogP contribution in [0.4, 0.5) is 0 Å². The van der Waals surface area contributed by atoms with Gasteiger partial charge in [0.05, 0.1) is 0 Å². The highest BCUT2D eigenvalue weighted by Crippen LogP contribution is 2.33. The minimum Gasteiger partial charge on any atom is -0.313 e. The fraction of sp³-hybridized carbons (Fsp3) is 0.667. The Labute approximate surface area is 119 Å². The summed E-state index contributed by atoms with van der Waals surface area (Å²) in [6.45, 7) is 11.3. The Morgan fingerprint density at radius 3 is 2.05 bits per heavy atom. The van der Waals surface area contributed by atoms with Gasteiger partial charge in [-0.15, -0.1) is 0 Å². The molecule has 2 unspecified atom stereocenters. The quantitative estimate of drug-likeness (QED) is 0.721. The lowest BCUT2D eigenvalue weighted by molar-refractivity contribution is 0.337. The molecule has 0 aliphatic carbocycles. The molecule has 19 heavy (non-hydrogen) atoms. The molecule has 0 amide bonds. The third-order valence-corrected chi connectivity index (χ3v) is 4.28. The summed E-state index contributed by atoms with van der Waals surface area (Å²) >= 11 is 0. The average molecular weight is 261 g/mol. The van der Waals surface area contributed by atoms with Crippen LogP contribution in [0.3, 0.4) is 0 Å². The maximum absolute atomic E-state index is 3.58. The van der Waals surface area contributed by atoms with Gasteiger partial charge in [-0.2, -0.15) is 0 Å². The number of rotatable bonds is 7. The molecule has 1 aromatic carbocycles. The molecule has 1 rings (SSSR count). The fourth-order valence-electron chi connectivity index (χ4n) is 3.37. The van der Waals surface area contributed by atoms with Crippen LogP contribution in [-0.2, 0) is 0 Å². The van der Waals surface area contributed by atoms with E-state index in [1.807, 2.05) is 0 Å². The first-order valence-corrected chi connectivity index (χ1v) is 7.80. The van der Waals surface area contributed by atoms with Gasteiger partial charge in [0, 0.05) is 6.04 Å². The molecule has 0 spiro atoms.